The van der Waals surface area contributed by atoms with Crippen molar-refractivity contribution in [2.45, 2.75) is 39.5 Å². The van der Waals surface area contributed by atoms with E-state index in [0.717, 1.165) is 0 Å². The maximum absolute atomic E-state index is 11.5. The molecule has 0 saturated heterocycles. The van der Waals surface area contributed by atoms with Gasteiger partial charge in [-0.25, -0.2) is 9.59 Å². The van der Waals surface area contributed by atoms with Crippen LogP contribution in [0.5, 0.6) is 11.5 Å². The molecule has 0 aliphatic rings. The molecule has 0 fully saturated rings. The van der Waals surface area contributed by atoms with Gasteiger partial charge in [-0.1, -0.05) is 0 Å². The highest BCUT2D eigenvalue weighted by Crippen LogP contribution is 2.27. The minimum absolute atomic E-state index is 0.0487. The summed E-state index contributed by atoms with van der Waals surface area (Å²) in [5.74, 6) is -0.365. The molecule has 8 nitrogen and oxygen atoms in total. The van der Waals surface area contributed by atoms with Crippen LogP contribution in [0.3, 0.4) is 0 Å². The molecule has 0 radical (unpaired) electrons. The Balaban J connectivity index is 2.84. The van der Waals surface area contributed by atoms with Gasteiger partial charge in [0.1, 0.15) is 11.5 Å². The van der Waals surface area contributed by atoms with Gasteiger partial charge < -0.3 is 24.1 Å². The maximum atomic E-state index is 11.5. The summed E-state index contributed by atoms with van der Waals surface area (Å²) in [4.78, 5) is 33.5. The number of ether oxygens (including phenoxy) is 4. The molecule has 1 aromatic rings. The number of aliphatic carboxylic acids is 1. The molecule has 0 aliphatic carbocycles. The topological polar surface area (TPSA) is 108 Å². The van der Waals surface area contributed by atoms with E-state index in [-0.39, 0.29) is 31.1 Å². The van der Waals surface area contributed by atoms with E-state index >= 15 is 0 Å². The summed E-state index contributed by atoms with van der Waals surface area (Å²) < 4.78 is 19.6. The molecule has 0 heterocycles. The highest BCUT2D eigenvalue weighted by molar-refractivity contribution is 5.67. The zero-order valence-corrected chi connectivity index (χ0v) is 14.3. The van der Waals surface area contributed by atoms with Crippen LogP contribution in [-0.2, 0) is 20.7 Å². The minimum atomic E-state index is -0.873. The molecule has 0 unspecified atom stereocenters. The van der Waals surface area contributed by atoms with Gasteiger partial charge in [-0.15, -0.1) is 0 Å². The van der Waals surface area contributed by atoms with Crippen molar-refractivity contribution in [1.82, 2.24) is 0 Å². The number of unbranched alkanes of at least 4 members (excludes halogenated alkanes) is 1. The largest absolute Gasteiger partial charge is 0.513 e. The Morgan fingerprint density at radius 3 is 2.20 bits per heavy atom. The monoisotopic (exact) mass is 354 g/mol. The second-order valence-corrected chi connectivity index (χ2v) is 4.94. The lowest BCUT2D eigenvalue weighted by Crippen LogP contribution is -2.12. The van der Waals surface area contributed by atoms with Crippen LogP contribution < -0.4 is 9.47 Å². The summed E-state index contributed by atoms with van der Waals surface area (Å²) in [6.45, 7) is 3.68. The normalized spacial score (nSPS) is 10.0. The molecule has 8 heteroatoms. The Kier molecular flexibility index (Phi) is 8.84. The van der Waals surface area contributed by atoms with Gasteiger partial charge in [0.05, 0.1) is 13.2 Å². The Morgan fingerprint density at radius 2 is 1.60 bits per heavy atom. The highest BCUT2D eigenvalue weighted by atomic mass is 16.7. The standard InChI is InChI=1S/C17H22O8/c1-3-22-16(20)24-13-9-10-14(25-17(21)23-4-2)12(11-13)7-5-6-8-15(18)19/h9-11H,3-8H2,1-2H3,(H,18,19). The molecule has 0 aliphatic heterocycles. The second-order valence-electron chi connectivity index (χ2n) is 4.94. The van der Waals surface area contributed by atoms with E-state index in [1.165, 1.54) is 12.1 Å². The number of carbonyl (C=O) groups is 3. The lowest BCUT2D eigenvalue weighted by Gasteiger charge is -2.12. The third-order valence-corrected chi connectivity index (χ3v) is 3.04. The van der Waals surface area contributed by atoms with Crippen molar-refractivity contribution >= 4 is 18.3 Å². The fraction of sp³-hybridized carbons (Fsp3) is 0.471. The Hall–Kier alpha value is -2.77. The van der Waals surface area contributed by atoms with Crippen molar-refractivity contribution in [3.05, 3.63) is 23.8 Å². The average molecular weight is 354 g/mol. The van der Waals surface area contributed by atoms with Crippen molar-refractivity contribution in [2.75, 3.05) is 13.2 Å². The van der Waals surface area contributed by atoms with Crippen molar-refractivity contribution in [1.29, 1.82) is 0 Å². The summed E-state index contributed by atoms with van der Waals surface area (Å²) in [7, 11) is 0. The van der Waals surface area contributed by atoms with Crippen LogP contribution in [-0.4, -0.2) is 36.6 Å². The third kappa shape index (κ3) is 8.05. The van der Waals surface area contributed by atoms with Crippen LogP contribution >= 0.6 is 0 Å². The lowest BCUT2D eigenvalue weighted by atomic mass is 10.1. The molecule has 1 N–H and O–H groups in total. The van der Waals surface area contributed by atoms with Gasteiger partial charge in [0, 0.05) is 6.42 Å². The molecule has 0 aromatic heterocycles. The first-order valence-electron chi connectivity index (χ1n) is 8.00. The SMILES string of the molecule is CCOC(=O)Oc1ccc(OC(=O)OCC)c(CCCCC(=O)O)c1. The van der Waals surface area contributed by atoms with Crippen LogP contribution in [0.4, 0.5) is 9.59 Å². The van der Waals surface area contributed by atoms with Crippen molar-refractivity contribution < 1.29 is 38.4 Å². The maximum Gasteiger partial charge on any atom is 0.513 e. The smallest absolute Gasteiger partial charge is 0.481 e. The summed E-state index contributed by atoms with van der Waals surface area (Å²) in [6, 6.07) is 4.50. The molecule has 0 bridgehead atoms. The van der Waals surface area contributed by atoms with Crippen molar-refractivity contribution in [3.8, 4) is 11.5 Å². The van der Waals surface area contributed by atoms with E-state index in [2.05, 4.69) is 0 Å². The molecule has 0 spiro atoms. The number of carboxylic acid groups (broad SMARTS) is 1. The molecular formula is C17H22O8. The van der Waals surface area contributed by atoms with Crippen LogP contribution in [0.2, 0.25) is 0 Å². The van der Waals surface area contributed by atoms with Crippen LogP contribution in [0, 0.1) is 0 Å². The average Bonchev–Trinajstić information content (AvgIpc) is 2.54. The number of hydrogen-bond donors (Lipinski definition) is 1. The van der Waals surface area contributed by atoms with E-state index in [0.29, 0.717) is 24.8 Å². The van der Waals surface area contributed by atoms with Crippen LogP contribution in [0.25, 0.3) is 0 Å². The first-order valence-corrected chi connectivity index (χ1v) is 8.00. The quantitative estimate of drug-likeness (QED) is 0.407. The van der Waals surface area contributed by atoms with Gasteiger partial charge in [0.25, 0.3) is 0 Å². The fourth-order valence-electron chi connectivity index (χ4n) is 1.99. The summed E-state index contributed by atoms with van der Waals surface area (Å²) >= 11 is 0. The van der Waals surface area contributed by atoms with Crippen LogP contribution in [0.1, 0.15) is 38.7 Å². The van der Waals surface area contributed by atoms with E-state index in [9.17, 15) is 14.4 Å². The van der Waals surface area contributed by atoms with Crippen molar-refractivity contribution in [3.63, 3.8) is 0 Å². The zero-order valence-electron chi connectivity index (χ0n) is 14.3. The third-order valence-electron chi connectivity index (χ3n) is 3.04. The Labute approximate surface area is 145 Å². The van der Waals surface area contributed by atoms with Gasteiger partial charge >= 0.3 is 18.3 Å². The molecule has 0 atom stereocenters. The predicted molar refractivity (Wildman–Crippen MR) is 86.9 cm³/mol. The molecule has 1 aromatic carbocycles. The summed E-state index contributed by atoms with van der Waals surface area (Å²) in [6.07, 6.45) is -0.146. The van der Waals surface area contributed by atoms with E-state index in [1.54, 1.807) is 19.9 Å². The molecule has 1 rings (SSSR count). The van der Waals surface area contributed by atoms with Gasteiger partial charge in [-0.2, -0.15) is 0 Å². The first kappa shape index (κ1) is 20.3. The van der Waals surface area contributed by atoms with E-state index in [4.69, 9.17) is 24.1 Å². The highest BCUT2D eigenvalue weighted by Gasteiger charge is 2.13. The minimum Gasteiger partial charge on any atom is -0.481 e. The number of carboxylic acids is 1. The number of aryl methyl sites for hydroxylation is 1. The first-order chi connectivity index (χ1) is 12.0. The van der Waals surface area contributed by atoms with Crippen LogP contribution in [0.15, 0.2) is 18.2 Å². The number of rotatable bonds is 9. The molecule has 25 heavy (non-hydrogen) atoms. The molecule has 0 saturated carbocycles. The van der Waals surface area contributed by atoms with Gasteiger partial charge in [0.2, 0.25) is 0 Å². The predicted octanol–water partition coefficient (Wildman–Crippen LogP) is 3.55. The molecule has 0 amide bonds. The van der Waals surface area contributed by atoms with E-state index in [1.807, 2.05) is 0 Å². The molecular weight excluding hydrogens is 332 g/mol. The van der Waals surface area contributed by atoms with Gasteiger partial charge in [0.15, 0.2) is 0 Å². The number of benzene rings is 1. The lowest BCUT2D eigenvalue weighted by molar-refractivity contribution is -0.137. The summed E-state index contributed by atoms with van der Waals surface area (Å²) in [5, 5.41) is 8.68. The zero-order chi connectivity index (χ0) is 18.7. The fourth-order valence-corrected chi connectivity index (χ4v) is 1.99. The van der Waals surface area contributed by atoms with Gasteiger partial charge in [-0.05, 0) is 56.9 Å². The number of hydrogen-bond acceptors (Lipinski definition) is 7. The van der Waals surface area contributed by atoms with E-state index < -0.39 is 18.3 Å². The second kappa shape index (κ2) is 10.9. The Bertz CT molecular complexity index is 596. The van der Waals surface area contributed by atoms with Gasteiger partial charge in [-0.3, -0.25) is 4.79 Å². The Morgan fingerprint density at radius 1 is 0.960 bits per heavy atom. The van der Waals surface area contributed by atoms with Crippen molar-refractivity contribution in [2.24, 2.45) is 0 Å². The summed E-state index contributed by atoms with van der Waals surface area (Å²) in [5.41, 5.74) is 0.597. The number of carbonyl (C=O) groups excluding carboxylic acids is 2. The molecule has 138 valence electrons.